The number of methoxy groups -OCH3 is 1. The van der Waals surface area contributed by atoms with E-state index in [9.17, 15) is 4.79 Å². The number of ether oxygens (including phenoxy) is 1. The van der Waals surface area contributed by atoms with Gasteiger partial charge in [-0.15, -0.1) is 35.3 Å². The molecule has 1 heterocycles. The van der Waals surface area contributed by atoms with Crippen molar-refractivity contribution in [2.75, 3.05) is 34.3 Å². The van der Waals surface area contributed by atoms with Gasteiger partial charge in [-0.2, -0.15) is 0 Å². The smallest absolute Gasteiger partial charge is 0.241 e. The van der Waals surface area contributed by atoms with E-state index in [0.29, 0.717) is 12.5 Å². The van der Waals surface area contributed by atoms with Crippen LogP contribution in [-0.4, -0.2) is 51.1 Å². The Hall–Kier alpha value is -1.81. The standard InChI is InChI=1S/C19H26N4O2S.HI/c1-23(2)18(24)14-22-19(20-11-10-17-5-4-12-26-17)21-13-15-6-8-16(25-3)9-7-15;/h4-9,12H,10-11,13-14H2,1-3H3,(H2,20,21,22);1H. The molecule has 0 unspecified atom stereocenters. The minimum absolute atomic E-state index is 0. The summed E-state index contributed by atoms with van der Waals surface area (Å²) >= 11 is 1.74. The third-order valence-corrected chi connectivity index (χ3v) is 4.66. The molecule has 2 N–H and O–H groups in total. The van der Waals surface area contributed by atoms with Crippen molar-refractivity contribution in [2.24, 2.45) is 4.99 Å². The van der Waals surface area contributed by atoms with Gasteiger partial charge in [0.05, 0.1) is 20.2 Å². The number of carbonyl (C=O) groups is 1. The lowest BCUT2D eigenvalue weighted by Gasteiger charge is -2.15. The third kappa shape index (κ3) is 8.61. The van der Waals surface area contributed by atoms with Gasteiger partial charge in [0.15, 0.2) is 5.96 Å². The van der Waals surface area contributed by atoms with E-state index in [1.165, 1.54) is 4.88 Å². The normalized spacial score (nSPS) is 10.7. The van der Waals surface area contributed by atoms with Crippen molar-refractivity contribution in [3.63, 3.8) is 0 Å². The van der Waals surface area contributed by atoms with Crippen LogP contribution in [0, 0.1) is 0 Å². The molecule has 1 aromatic heterocycles. The Morgan fingerprint density at radius 1 is 1.19 bits per heavy atom. The molecular weight excluding hydrogens is 475 g/mol. The largest absolute Gasteiger partial charge is 0.497 e. The molecule has 6 nitrogen and oxygen atoms in total. The minimum atomic E-state index is 0. The van der Waals surface area contributed by atoms with Crippen LogP contribution in [0.4, 0.5) is 0 Å². The van der Waals surface area contributed by atoms with Crippen molar-refractivity contribution in [3.8, 4) is 5.75 Å². The first-order valence-electron chi connectivity index (χ1n) is 8.46. The van der Waals surface area contributed by atoms with Crippen LogP contribution in [0.1, 0.15) is 10.4 Å². The van der Waals surface area contributed by atoms with Crippen LogP contribution in [-0.2, 0) is 17.8 Å². The van der Waals surface area contributed by atoms with E-state index in [1.54, 1.807) is 37.4 Å². The minimum Gasteiger partial charge on any atom is -0.497 e. The van der Waals surface area contributed by atoms with Crippen LogP contribution in [0.15, 0.2) is 46.8 Å². The van der Waals surface area contributed by atoms with Crippen molar-refractivity contribution in [2.45, 2.75) is 13.0 Å². The lowest BCUT2D eigenvalue weighted by Crippen LogP contribution is -2.43. The van der Waals surface area contributed by atoms with Crippen molar-refractivity contribution >= 4 is 47.2 Å². The van der Waals surface area contributed by atoms with Gasteiger partial charge in [-0.3, -0.25) is 4.79 Å². The Bertz CT molecular complexity index is 703. The number of nitrogens with one attached hydrogen (secondary N) is 2. The van der Waals surface area contributed by atoms with Gasteiger partial charge >= 0.3 is 0 Å². The average Bonchev–Trinajstić information content (AvgIpc) is 3.17. The molecular formula is C19H27IN4O2S. The first-order valence-corrected chi connectivity index (χ1v) is 9.34. The average molecular weight is 502 g/mol. The lowest BCUT2D eigenvalue weighted by atomic mass is 10.2. The van der Waals surface area contributed by atoms with Gasteiger partial charge in [-0.1, -0.05) is 18.2 Å². The SMILES string of the molecule is COc1ccc(CN=C(NCCc2cccs2)NCC(=O)N(C)C)cc1.I. The van der Waals surface area contributed by atoms with Crippen LogP contribution in [0.5, 0.6) is 5.75 Å². The summed E-state index contributed by atoms with van der Waals surface area (Å²) in [6, 6.07) is 12.0. The molecule has 0 atom stereocenters. The van der Waals surface area contributed by atoms with Gasteiger partial charge < -0.3 is 20.3 Å². The summed E-state index contributed by atoms with van der Waals surface area (Å²) in [6.45, 7) is 1.49. The van der Waals surface area contributed by atoms with Crippen LogP contribution in [0.2, 0.25) is 0 Å². The van der Waals surface area contributed by atoms with Gasteiger partial charge in [0.2, 0.25) is 5.91 Å². The number of nitrogens with zero attached hydrogens (tertiary/aromatic N) is 2. The monoisotopic (exact) mass is 502 g/mol. The van der Waals surface area contributed by atoms with Gasteiger partial charge in [0, 0.05) is 25.5 Å². The van der Waals surface area contributed by atoms with Crippen LogP contribution >= 0.6 is 35.3 Å². The maximum absolute atomic E-state index is 11.8. The number of thiophene rings is 1. The fourth-order valence-corrected chi connectivity index (χ4v) is 2.86. The molecule has 2 aromatic rings. The van der Waals surface area contributed by atoms with Crippen molar-refractivity contribution < 1.29 is 9.53 Å². The molecule has 0 aliphatic carbocycles. The molecule has 0 aliphatic heterocycles. The maximum Gasteiger partial charge on any atom is 0.241 e. The van der Waals surface area contributed by atoms with Crippen LogP contribution in [0.3, 0.4) is 0 Å². The Labute approximate surface area is 182 Å². The Balaban J connectivity index is 0.00000364. The highest BCUT2D eigenvalue weighted by atomic mass is 127. The summed E-state index contributed by atoms with van der Waals surface area (Å²) in [5.41, 5.74) is 1.07. The fraction of sp³-hybridized carbons (Fsp3) is 0.368. The zero-order valence-corrected chi connectivity index (χ0v) is 19.0. The Morgan fingerprint density at radius 2 is 1.93 bits per heavy atom. The van der Waals surface area contributed by atoms with E-state index in [1.807, 2.05) is 30.3 Å². The molecule has 0 spiro atoms. The van der Waals surface area contributed by atoms with E-state index in [2.05, 4.69) is 27.1 Å². The summed E-state index contributed by atoms with van der Waals surface area (Å²) in [5.74, 6) is 1.46. The predicted molar refractivity (Wildman–Crippen MR) is 122 cm³/mol. The first-order chi connectivity index (χ1) is 12.6. The summed E-state index contributed by atoms with van der Waals surface area (Å²) in [5, 5.41) is 8.47. The number of hydrogen-bond acceptors (Lipinski definition) is 4. The van der Waals surface area contributed by atoms with E-state index < -0.39 is 0 Å². The molecule has 0 saturated heterocycles. The van der Waals surface area contributed by atoms with Crippen molar-refractivity contribution in [3.05, 3.63) is 52.2 Å². The second-order valence-electron chi connectivity index (χ2n) is 5.91. The van der Waals surface area contributed by atoms with Crippen molar-refractivity contribution in [1.82, 2.24) is 15.5 Å². The van der Waals surface area contributed by atoms with Gasteiger partial charge in [0.25, 0.3) is 0 Å². The van der Waals surface area contributed by atoms with Crippen LogP contribution in [0.25, 0.3) is 0 Å². The first kappa shape index (κ1) is 23.2. The maximum atomic E-state index is 11.8. The number of hydrogen-bond donors (Lipinski definition) is 2. The summed E-state index contributed by atoms with van der Waals surface area (Å²) < 4.78 is 5.17. The number of halogens is 1. The topological polar surface area (TPSA) is 66.0 Å². The molecule has 27 heavy (non-hydrogen) atoms. The quantitative estimate of drug-likeness (QED) is 0.331. The van der Waals surface area contributed by atoms with Gasteiger partial charge in [0.1, 0.15) is 5.75 Å². The van der Waals surface area contributed by atoms with E-state index in [0.717, 1.165) is 24.3 Å². The Kier molecular flexibility index (Phi) is 10.8. The van der Waals surface area contributed by atoms with Gasteiger partial charge in [-0.05, 0) is 35.6 Å². The highest BCUT2D eigenvalue weighted by Gasteiger charge is 2.06. The summed E-state index contributed by atoms with van der Waals surface area (Å²) in [4.78, 5) is 19.3. The number of guanidine groups is 1. The number of carbonyl (C=O) groups excluding carboxylic acids is 1. The summed E-state index contributed by atoms with van der Waals surface area (Å²) in [6.07, 6.45) is 0.919. The molecule has 8 heteroatoms. The number of aliphatic imine (C=N–C) groups is 1. The van der Waals surface area contributed by atoms with Crippen LogP contribution < -0.4 is 15.4 Å². The highest BCUT2D eigenvalue weighted by molar-refractivity contribution is 14.0. The highest BCUT2D eigenvalue weighted by Crippen LogP contribution is 2.12. The zero-order chi connectivity index (χ0) is 18.8. The summed E-state index contributed by atoms with van der Waals surface area (Å²) in [7, 11) is 5.12. The second kappa shape index (κ2) is 12.6. The molecule has 0 aliphatic rings. The second-order valence-corrected chi connectivity index (χ2v) is 6.94. The van der Waals surface area contributed by atoms with Gasteiger partial charge in [-0.25, -0.2) is 4.99 Å². The third-order valence-electron chi connectivity index (χ3n) is 3.73. The number of amides is 1. The molecule has 1 amide bonds. The number of rotatable bonds is 8. The lowest BCUT2D eigenvalue weighted by molar-refractivity contribution is -0.127. The molecule has 0 radical (unpaired) electrons. The molecule has 1 aromatic carbocycles. The predicted octanol–water partition coefficient (Wildman–Crippen LogP) is 2.74. The van der Waals surface area contributed by atoms with E-state index in [4.69, 9.17) is 4.74 Å². The molecule has 148 valence electrons. The number of likely N-dealkylation sites (N-methyl/N-ethyl adjacent to an activating group) is 1. The Morgan fingerprint density at radius 3 is 2.52 bits per heavy atom. The fourth-order valence-electron chi connectivity index (χ4n) is 2.15. The molecule has 0 saturated carbocycles. The van der Waals surface area contributed by atoms with Crippen molar-refractivity contribution in [1.29, 1.82) is 0 Å². The van der Waals surface area contributed by atoms with E-state index >= 15 is 0 Å². The molecule has 0 bridgehead atoms. The zero-order valence-electron chi connectivity index (χ0n) is 15.9. The van der Waals surface area contributed by atoms with E-state index in [-0.39, 0.29) is 36.4 Å². The molecule has 2 rings (SSSR count). The molecule has 0 fully saturated rings. The number of benzene rings is 1.